The monoisotopic (exact) mass is 379 g/mol. The second kappa shape index (κ2) is 6.02. The van der Waals surface area contributed by atoms with Crippen molar-refractivity contribution < 1.29 is 22.7 Å². The topological polar surface area (TPSA) is 74.7 Å². The molecule has 1 saturated heterocycles. The summed E-state index contributed by atoms with van der Waals surface area (Å²) in [5.74, 6) is -2.64. The lowest BCUT2D eigenvalue weighted by Gasteiger charge is -2.35. The highest BCUT2D eigenvalue weighted by molar-refractivity contribution is 9.10. The van der Waals surface area contributed by atoms with E-state index >= 15 is 0 Å². The second-order valence-electron chi connectivity index (χ2n) is 5.11. The molecule has 1 aliphatic rings. The number of hydrogen-bond acceptors (Lipinski definition) is 3. The fourth-order valence-corrected chi connectivity index (χ4v) is 4.51. The van der Waals surface area contributed by atoms with Crippen molar-refractivity contribution in [3.63, 3.8) is 0 Å². The molecule has 8 heteroatoms. The average molecular weight is 380 g/mol. The molecule has 1 aromatic rings. The SMILES string of the molecule is CC1CCC(C(=O)O)CN1S(=O)(=O)c1ccc(Br)cc1F. The first-order valence-electron chi connectivity index (χ1n) is 6.43. The Labute approximate surface area is 130 Å². The molecule has 0 bridgehead atoms. The Morgan fingerprint density at radius 1 is 1.43 bits per heavy atom. The lowest BCUT2D eigenvalue weighted by molar-refractivity contribution is -0.143. The summed E-state index contributed by atoms with van der Waals surface area (Å²) in [4.78, 5) is 10.7. The van der Waals surface area contributed by atoms with Crippen LogP contribution in [0.15, 0.2) is 27.6 Å². The van der Waals surface area contributed by atoms with Gasteiger partial charge in [-0.25, -0.2) is 12.8 Å². The maximum atomic E-state index is 13.9. The van der Waals surface area contributed by atoms with Crippen molar-refractivity contribution in [2.45, 2.75) is 30.7 Å². The van der Waals surface area contributed by atoms with Gasteiger partial charge in [0.1, 0.15) is 10.7 Å². The van der Waals surface area contributed by atoms with Crippen LogP contribution in [0.1, 0.15) is 19.8 Å². The maximum absolute atomic E-state index is 13.9. The number of piperidine rings is 1. The van der Waals surface area contributed by atoms with Crippen LogP contribution in [0.25, 0.3) is 0 Å². The highest BCUT2D eigenvalue weighted by Crippen LogP contribution is 2.30. The molecule has 0 spiro atoms. The molecule has 0 amide bonds. The molecule has 21 heavy (non-hydrogen) atoms. The van der Waals surface area contributed by atoms with E-state index in [1.165, 1.54) is 12.1 Å². The predicted molar refractivity (Wildman–Crippen MR) is 77.8 cm³/mol. The highest BCUT2D eigenvalue weighted by Gasteiger charge is 2.38. The van der Waals surface area contributed by atoms with Crippen LogP contribution in [0.2, 0.25) is 0 Å². The molecule has 1 aliphatic heterocycles. The average Bonchev–Trinajstić information content (AvgIpc) is 2.38. The second-order valence-corrected chi connectivity index (χ2v) is 7.89. The van der Waals surface area contributed by atoms with Gasteiger partial charge in [-0.05, 0) is 38.0 Å². The highest BCUT2D eigenvalue weighted by atomic mass is 79.9. The molecular formula is C13H15BrFNO4S. The lowest BCUT2D eigenvalue weighted by Crippen LogP contribution is -2.47. The van der Waals surface area contributed by atoms with E-state index in [2.05, 4.69) is 15.9 Å². The van der Waals surface area contributed by atoms with Gasteiger partial charge in [-0.2, -0.15) is 4.31 Å². The summed E-state index contributed by atoms with van der Waals surface area (Å²) >= 11 is 3.07. The third-order valence-corrected chi connectivity index (χ3v) is 6.16. The van der Waals surface area contributed by atoms with Crippen molar-refractivity contribution in [2.24, 2.45) is 5.92 Å². The summed E-state index contributed by atoms with van der Waals surface area (Å²) in [5, 5.41) is 9.07. The summed E-state index contributed by atoms with van der Waals surface area (Å²) in [6.45, 7) is 1.57. The van der Waals surface area contributed by atoms with Gasteiger partial charge in [0.2, 0.25) is 10.0 Å². The number of carbonyl (C=O) groups is 1. The minimum atomic E-state index is -4.05. The quantitative estimate of drug-likeness (QED) is 0.874. The molecule has 1 heterocycles. The zero-order chi connectivity index (χ0) is 15.8. The van der Waals surface area contributed by atoms with Crippen LogP contribution in [0.4, 0.5) is 4.39 Å². The number of nitrogens with zero attached hydrogens (tertiary/aromatic N) is 1. The molecule has 1 aromatic carbocycles. The maximum Gasteiger partial charge on any atom is 0.307 e. The van der Waals surface area contributed by atoms with Gasteiger partial charge in [-0.15, -0.1) is 0 Å². The summed E-state index contributed by atoms with van der Waals surface area (Å²) in [6.07, 6.45) is 0.861. The van der Waals surface area contributed by atoms with Gasteiger partial charge in [0, 0.05) is 17.1 Å². The van der Waals surface area contributed by atoms with Crippen LogP contribution in [-0.4, -0.2) is 36.4 Å². The van der Waals surface area contributed by atoms with E-state index < -0.39 is 32.6 Å². The van der Waals surface area contributed by atoms with Crippen LogP contribution in [0.3, 0.4) is 0 Å². The standard InChI is InChI=1S/C13H15BrFNO4S/c1-8-2-3-9(13(17)18)7-16(8)21(19,20)12-5-4-10(14)6-11(12)15/h4-6,8-9H,2-3,7H2,1H3,(H,17,18). The number of sulfonamides is 1. The Balaban J connectivity index is 2.39. The van der Waals surface area contributed by atoms with Gasteiger partial charge < -0.3 is 5.11 Å². The van der Waals surface area contributed by atoms with Crippen molar-refractivity contribution in [1.29, 1.82) is 0 Å². The van der Waals surface area contributed by atoms with Gasteiger partial charge in [0.25, 0.3) is 0 Å². The smallest absolute Gasteiger partial charge is 0.307 e. The van der Waals surface area contributed by atoms with Crippen LogP contribution in [-0.2, 0) is 14.8 Å². The Morgan fingerprint density at radius 3 is 2.67 bits per heavy atom. The minimum Gasteiger partial charge on any atom is -0.481 e. The van der Waals surface area contributed by atoms with E-state index in [0.717, 1.165) is 10.4 Å². The molecule has 0 saturated carbocycles. The molecule has 0 aliphatic carbocycles. The molecule has 5 nitrogen and oxygen atoms in total. The molecule has 116 valence electrons. The first kappa shape index (κ1) is 16.4. The first-order valence-corrected chi connectivity index (χ1v) is 8.66. The molecule has 0 aromatic heterocycles. The molecule has 2 rings (SSSR count). The number of rotatable bonds is 3. The Hall–Kier alpha value is -0.990. The number of benzene rings is 1. The van der Waals surface area contributed by atoms with E-state index in [-0.39, 0.29) is 12.6 Å². The number of aliphatic carboxylic acids is 1. The molecule has 2 unspecified atom stereocenters. The van der Waals surface area contributed by atoms with Crippen LogP contribution in [0, 0.1) is 11.7 Å². The minimum absolute atomic E-state index is 0.131. The fraction of sp³-hybridized carbons (Fsp3) is 0.462. The van der Waals surface area contributed by atoms with Crippen molar-refractivity contribution in [3.8, 4) is 0 Å². The third kappa shape index (κ3) is 3.27. The van der Waals surface area contributed by atoms with Crippen LogP contribution >= 0.6 is 15.9 Å². The van der Waals surface area contributed by atoms with Crippen molar-refractivity contribution in [3.05, 3.63) is 28.5 Å². The van der Waals surface area contributed by atoms with Gasteiger partial charge in [0.15, 0.2) is 0 Å². The zero-order valence-electron chi connectivity index (χ0n) is 11.3. The normalized spacial score (nSPS) is 24.0. The number of halogens is 2. The number of carboxylic acids is 1. The zero-order valence-corrected chi connectivity index (χ0v) is 13.7. The van der Waals surface area contributed by atoms with E-state index in [1.807, 2.05) is 0 Å². The Kier molecular flexibility index (Phi) is 4.69. The molecule has 1 N–H and O–H groups in total. The van der Waals surface area contributed by atoms with Crippen molar-refractivity contribution >= 4 is 31.9 Å². The predicted octanol–water partition coefficient (Wildman–Crippen LogP) is 2.46. The molecule has 1 fully saturated rings. The lowest BCUT2D eigenvalue weighted by atomic mass is 9.96. The van der Waals surface area contributed by atoms with E-state index in [9.17, 15) is 17.6 Å². The van der Waals surface area contributed by atoms with Gasteiger partial charge in [-0.3, -0.25) is 4.79 Å². The molecule has 2 atom stereocenters. The summed E-state index contributed by atoms with van der Waals surface area (Å²) < 4.78 is 40.6. The van der Waals surface area contributed by atoms with E-state index in [4.69, 9.17) is 5.11 Å². The Morgan fingerprint density at radius 2 is 2.10 bits per heavy atom. The first-order chi connectivity index (χ1) is 9.73. The summed E-state index contributed by atoms with van der Waals surface area (Å²) in [5.41, 5.74) is 0. The largest absolute Gasteiger partial charge is 0.481 e. The Bertz CT molecular complexity index is 664. The third-order valence-electron chi connectivity index (χ3n) is 3.65. The van der Waals surface area contributed by atoms with Crippen LogP contribution in [0.5, 0.6) is 0 Å². The van der Waals surface area contributed by atoms with E-state index in [1.54, 1.807) is 6.92 Å². The van der Waals surface area contributed by atoms with Crippen molar-refractivity contribution in [2.75, 3.05) is 6.54 Å². The number of carboxylic acid groups (broad SMARTS) is 1. The molecule has 0 radical (unpaired) electrons. The van der Waals surface area contributed by atoms with Gasteiger partial charge in [-0.1, -0.05) is 15.9 Å². The number of hydrogen-bond donors (Lipinski definition) is 1. The van der Waals surface area contributed by atoms with E-state index in [0.29, 0.717) is 17.3 Å². The summed E-state index contributed by atoms with van der Waals surface area (Å²) in [7, 11) is -4.05. The van der Waals surface area contributed by atoms with Crippen molar-refractivity contribution in [1.82, 2.24) is 4.31 Å². The van der Waals surface area contributed by atoms with Crippen LogP contribution < -0.4 is 0 Å². The summed E-state index contributed by atoms with van der Waals surface area (Å²) in [6, 6.07) is 3.36. The fourth-order valence-electron chi connectivity index (χ4n) is 2.42. The van der Waals surface area contributed by atoms with Gasteiger partial charge >= 0.3 is 5.97 Å². The van der Waals surface area contributed by atoms with Gasteiger partial charge in [0.05, 0.1) is 5.92 Å². The molecular weight excluding hydrogens is 365 g/mol.